The molecule has 0 unspecified atom stereocenters. The Morgan fingerprint density at radius 3 is 1.91 bits per heavy atom. The van der Waals surface area contributed by atoms with Crippen molar-refractivity contribution < 1.29 is 13.2 Å². The van der Waals surface area contributed by atoms with Crippen LogP contribution in [0.15, 0.2) is 59.3 Å². The maximum atomic E-state index is 13.4. The van der Waals surface area contributed by atoms with Gasteiger partial charge in [-0.3, -0.25) is 0 Å². The summed E-state index contributed by atoms with van der Waals surface area (Å²) in [6.07, 6.45) is -1.01. The molecule has 2 aromatic heterocycles. The normalized spacial score (nSPS) is 12.0. The van der Waals surface area contributed by atoms with Crippen LogP contribution in [0.5, 0.6) is 0 Å². The third-order valence-corrected chi connectivity index (χ3v) is 4.20. The second kappa shape index (κ2) is 5.68. The number of aromatic nitrogens is 2. The SMILES string of the molecule is FC(F)(F)c1cccc(Br)c1C(c1ccc[nH]1)c1ccc[nH]1. The molecule has 0 bridgehead atoms. The van der Waals surface area contributed by atoms with Crippen molar-refractivity contribution in [1.82, 2.24) is 9.97 Å². The summed E-state index contributed by atoms with van der Waals surface area (Å²) in [4.78, 5) is 6.04. The minimum atomic E-state index is -4.42. The van der Waals surface area contributed by atoms with E-state index < -0.39 is 17.7 Å². The largest absolute Gasteiger partial charge is 0.416 e. The highest BCUT2D eigenvalue weighted by Gasteiger charge is 2.37. The Morgan fingerprint density at radius 2 is 1.45 bits per heavy atom. The summed E-state index contributed by atoms with van der Waals surface area (Å²) in [6.45, 7) is 0. The van der Waals surface area contributed by atoms with Crippen molar-refractivity contribution in [3.63, 3.8) is 0 Å². The molecule has 0 amide bonds. The molecular weight excluding hydrogens is 357 g/mol. The van der Waals surface area contributed by atoms with Crippen LogP contribution in [0.25, 0.3) is 0 Å². The Morgan fingerprint density at radius 1 is 0.864 bits per heavy atom. The minimum Gasteiger partial charge on any atom is -0.364 e. The number of rotatable bonds is 3. The molecule has 0 aliphatic heterocycles. The van der Waals surface area contributed by atoms with Gasteiger partial charge < -0.3 is 9.97 Å². The standard InChI is InChI=1S/C16H12BrF3N2/c17-11-5-1-4-10(16(18,19)20)14(11)15(12-6-2-8-21-12)13-7-3-9-22-13/h1-9,15,21-22H. The molecule has 0 aliphatic carbocycles. The van der Waals surface area contributed by atoms with Gasteiger partial charge in [0.15, 0.2) is 0 Å². The zero-order valence-electron chi connectivity index (χ0n) is 11.3. The first-order valence-corrected chi connectivity index (χ1v) is 7.40. The van der Waals surface area contributed by atoms with Gasteiger partial charge in [-0.1, -0.05) is 22.0 Å². The number of hydrogen-bond acceptors (Lipinski definition) is 0. The van der Waals surface area contributed by atoms with Gasteiger partial charge in [0.1, 0.15) is 0 Å². The van der Waals surface area contributed by atoms with Gasteiger partial charge in [-0.25, -0.2) is 0 Å². The summed E-state index contributed by atoms with van der Waals surface area (Å²) in [5, 5.41) is 0. The molecule has 0 radical (unpaired) electrons. The predicted molar refractivity (Wildman–Crippen MR) is 81.7 cm³/mol. The average molecular weight is 369 g/mol. The van der Waals surface area contributed by atoms with E-state index in [0.717, 1.165) is 6.07 Å². The van der Waals surface area contributed by atoms with Gasteiger partial charge in [0.05, 0.1) is 11.5 Å². The zero-order chi connectivity index (χ0) is 15.7. The molecule has 2 heterocycles. The fraction of sp³-hybridized carbons (Fsp3) is 0.125. The fourth-order valence-corrected chi connectivity index (χ4v) is 3.20. The van der Waals surface area contributed by atoms with E-state index in [9.17, 15) is 13.2 Å². The Labute approximate surface area is 133 Å². The molecule has 114 valence electrons. The molecule has 3 rings (SSSR count). The fourth-order valence-electron chi connectivity index (χ4n) is 2.60. The van der Waals surface area contributed by atoms with E-state index in [1.165, 1.54) is 6.07 Å². The number of hydrogen-bond donors (Lipinski definition) is 2. The van der Waals surface area contributed by atoms with Crippen molar-refractivity contribution in [2.24, 2.45) is 0 Å². The van der Waals surface area contributed by atoms with E-state index in [0.29, 0.717) is 15.9 Å². The third-order valence-electron chi connectivity index (χ3n) is 3.51. The van der Waals surface area contributed by atoms with Crippen molar-refractivity contribution in [3.05, 3.63) is 81.8 Å². The van der Waals surface area contributed by atoms with Crippen molar-refractivity contribution in [1.29, 1.82) is 0 Å². The van der Waals surface area contributed by atoms with Crippen LogP contribution in [-0.4, -0.2) is 9.97 Å². The van der Waals surface area contributed by atoms with E-state index in [2.05, 4.69) is 25.9 Å². The Bertz CT molecular complexity index is 712. The number of halogens is 4. The van der Waals surface area contributed by atoms with E-state index in [-0.39, 0.29) is 5.56 Å². The topological polar surface area (TPSA) is 31.6 Å². The highest BCUT2D eigenvalue weighted by Crippen LogP contribution is 2.42. The van der Waals surface area contributed by atoms with Gasteiger partial charge in [0, 0.05) is 28.3 Å². The number of alkyl halides is 3. The monoisotopic (exact) mass is 368 g/mol. The first-order chi connectivity index (χ1) is 10.5. The highest BCUT2D eigenvalue weighted by molar-refractivity contribution is 9.10. The second-order valence-corrected chi connectivity index (χ2v) is 5.74. The summed E-state index contributed by atoms with van der Waals surface area (Å²) in [5.41, 5.74) is 0.940. The second-order valence-electron chi connectivity index (χ2n) is 4.88. The Balaban J connectivity index is 2.26. The predicted octanol–water partition coefficient (Wildman–Crippen LogP) is 5.30. The smallest absolute Gasteiger partial charge is 0.364 e. The lowest BCUT2D eigenvalue weighted by atomic mass is 9.88. The van der Waals surface area contributed by atoms with Gasteiger partial charge in [-0.05, 0) is 42.0 Å². The summed E-state index contributed by atoms with van der Waals surface area (Å²) in [6, 6.07) is 11.3. The molecule has 0 saturated heterocycles. The van der Waals surface area contributed by atoms with Crippen molar-refractivity contribution >= 4 is 15.9 Å². The van der Waals surface area contributed by atoms with E-state index >= 15 is 0 Å². The van der Waals surface area contributed by atoms with Crippen molar-refractivity contribution in [2.45, 2.75) is 12.1 Å². The van der Waals surface area contributed by atoms with E-state index in [1.54, 1.807) is 42.7 Å². The molecule has 1 aromatic carbocycles. The van der Waals surface area contributed by atoms with Gasteiger partial charge in [0.2, 0.25) is 0 Å². The van der Waals surface area contributed by atoms with Crippen LogP contribution in [0.4, 0.5) is 13.2 Å². The number of aromatic amines is 2. The third kappa shape index (κ3) is 2.70. The average Bonchev–Trinajstić information content (AvgIpc) is 3.13. The lowest BCUT2D eigenvalue weighted by molar-refractivity contribution is -0.138. The van der Waals surface area contributed by atoms with Crippen LogP contribution < -0.4 is 0 Å². The molecule has 0 atom stereocenters. The molecule has 22 heavy (non-hydrogen) atoms. The summed E-state index contributed by atoms with van der Waals surface area (Å²) in [7, 11) is 0. The number of benzene rings is 1. The molecule has 3 aromatic rings. The molecule has 0 saturated carbocycles. The number of nitrogens with one attached hydrogen (secondary N) is 2. The highest BCUT2D eigenvalue weighted by atomic mass is 79.9. The summed E-state index contributed by atoms with van der Waals surface area (Å²) >= 11 is 3.28. The van der Waals surface area contributed by atoms with Gasteiger partial charge in [0.25, 0.3) is 0 Å². The van der Waals surface area contributed by atoms with Crippen LogP contribution in [0.3, 0.4) is 0 Å². The van der Waals surface area contributed by atoms with Crippen molar-refractivity contribution in [3.8, 4) is 0 Å². The van der Waals surface area contributed by atoms with E-state index in [4.69, 9.17) is 0 Å². The summed E-state index contributed by atoms with van der Waals surface area (Å²) in [5.74, 6) is -0.558. The van der Waals surface area contributed by atoms with Crippen LogP contribution in [0, 0.1) is 0 Å². The molecule has 2 N–H and O–H groups in total. The molecule has 0 spiro atoms. The van der Waals surface area contributed by atoms with Gasteiger partial charge >= 0.3 is 6.18 Å². The Hall–Kier alpha value is -1.95. The first-order valence-electron chi connectivity index (χ1n) is 6.60. The minimum absolute atomic E-state index is 0.194. The van der Waals surface area contributed by atoms with Gasteiger partial charge in [-0.2, -0.15) is 13.2 Å². The lowest BCUT2D eigenvalue weighted by Crippen LogP contribution is -2.15. The van der Waals surface area contributed by atoms with Crippen LogP contribution in [-0.2, 0) is 6.18 Å². The molecule has 6 heteroatoms. The summed E-state index contributed by atoms with van der Waals surface area (Å²) < 4.78 is 40.7. The molecule has 0 fully saturated rings. The first kappa shape index (κ1) is 15.0. The molecular formula is C16H12BrF3N2. The van der Waals surface area contributed by atoms with Crippen LogP contribution in [0.2, 0.25) is 0 Å². The quantitative estimate of drug-likeness (QED) is 0.628. The van der Waals surface area contributed by atoms with Crippen molar-refractivity contribution in [2.75, 3.05) is 0 Å². The molecule has 2 nitrogen and oxygen atoms in total. The van der Waals surface area contributed by atoms with E-state index in [1.807, 2.05) is 0 Å². The Kier molecular flexibility index (Phi) is 3.87. The van der Waals surface area contributed by atoms with Crippen LogP contribution in [0.1, 0.15) is 28.4 Å². The maximum Gasteiger partial charge on any atom is 0.416 e. The number of H-pyrrole nitrogens is 2. The molecule has 0 aliphatic rings. The van der Waals surface area contributed by atoms with Gasteiger partial charge in [-0.15, -0.1) is 0 Å². The van der Waals surface area contributed by atoms with Crippen LogP contribution >= 0.6 is 15.9 Å². The lowest BCUT2D eigenvalue weighted by Gasteiger charge is -2.22. The maximum absolute atomic E-state index is 13.4. The zero-order valence-corrected chi connectivity index (χ0v) is 12.9.